The van der Waals surface area contributed by atoms with Crippen LogP contribution < -0.4 is 5.32 Å². The summed E-state index contributed by atoms with van der Waals surface area (Å²) in [7, 11) is 0. The molecule has 2 fully saturated rings. The number of H-pyrrole nitrogens is 1. The number of cyclic esters (lactones) is 2. The number of amides is 1. The lowest BCUT2D eigenvalue weighted by atomic mass is 10.2. The maximum Gasteiger partial charge on any atom is 0.418 e. The van der Waals surface area contributed by atoms with Crippen molar-refractivity contribution in [3.8, 4) is 0 Å². The molecular formula is C10H13N3O3. The Balaban J connectivity index is 0.000000162. The van der Waals surface area contributed by atoms with Gasteiger partial charge in [0.1, 0.15) is 6.04 Å². The predicted molar refractivity (Wildman–Crippen MR) is 55.6 cm³/mol. The molecule has 2 N–H and O–H groups in total. The zero-order valence-corrected chi connectivity index (χ0v) is 8.68. The molecule has 2 aliphatic heterocycles. The lowest BCUT2D eigenvalue weighted by Gasteiger charge is -2.25. The lowest BCUT2D eigenvalue weighted by Crippen LogP contribution is -2.51. The minimum absolute atomic E-state index is 0.378. The Morgan fingerprint density at radius 1 is 1.31 bits per heavy atom. The van der Waals surface area contributed by atoms with Gasteiger partial charge in [0.25, 0.3) is 0 Å². The summed E-state index contributed by atoms with van der Waals surface area (Å²) in [6.07, 6.45) is 3.25. The molecule has 1 aromatic rings. The Hall–Kier alpha value is -1.82. The fourth-order valence-electron chi connectivity index (χ4n) is 1.62. The third-order valence-corrected chi connectivity index (χ3v) is 2.43. The van der Waals surface area contributed by atoms with Crippen molar-refractivity contribution in [1.29, 1.82) is 0 Å². The van der Waals surface area contributed by atoms with Crippen molar-refractivity contribution in [2.45, 2.75) is 6.04 Å². The normalized spacial score (nSPS) is 23.2. The van der Waals surface area contributed by atoms with Crippen molar-refractivity contribution in [2.75, 3.05) is 19.6 Å². The fraction of sp³-hybridized carbons (Fsp3) is 0.400. The summed E-state index contributed by atoms with van der Waals surface area (Å²) in [6, 6.07) is 3.51. The Labute approximate surface area is 92.6 Å². The van der Waals surface area contributed by atoms with E-state index in [1.807, 2.05) is 24.5 Å². The number of hydrogen-bond donors (Lipinski definition) is 2. The average molecular weight is 223 g/mol. The second-order valence-corrected chi connectivity index (χ2v) is 3.49. The van der Waals surface area contributed by atoms with Crippen LogP contribution >= 0.6 is 0 Å². The number of carbonyl (C=O) groups is 2. The summed E-state index contributed by atoms with van der Waals surface area (Å²) < 4.78 is 4.42. The molecule has 0 aliphatic carbocycles. The summed E-state index contributed by atoms with van der Waals surface area (Å²) in [5, 5.41) is 3.01. The van der Waals surface area contributed by atoms with Crippen LogP contribution in [0.25, 0.3) is 0 Å². The van der Waals surface area contributed by atoms with Gasteiger partial charge in [-0.25, -0.2) is 9.59 Å². The largest absolute Gasteiger partial charge is 0.418 e. The highest BCUT2D eigenvalue weighted by Gasteiger charge is 2.42. The number of aromatic amines is 1. The Bertz CT molecular complexity index is 324. The Morgan fingerprint density at radius 3 is 2.62 bits per heavy atom. The molecule has 6 nitrogen and oxygen atoms in total. The smallest absolute Gasteiger partial charge is 0.375 e. The van der Waals surface area contributed by atoms with Crippen LogP contribution in [0.3, 0.4) is 0 Å². The van der Waals surface area contributed by atoms with E-state index in [1.54, 1.807) is 0 Å². The van der Waals surface area contributed by atoms with E-state index < -0.39 is 12.1 Å². The van der Waals surface area contributed by atoms with Gasteiger partial charge in [0.05, 0.1) is 0 Å². The maximum absolute atomic E-state index is 10.9. The van der Waals surface area contributed by atoms with Crippen LogP contribution in [0, 0.1) is 0 Å². The minimum Gasteiger partial charge on any atom is -0.375 e. The lowest BCUT2D eigenvalue weighted by molar-refractivity contribution is -0.135. The van der Waals surface area contributed by atoms with Gasteiger partial charge in [-0.05, 0) is 12.1 Å². The van der Waals surface area contributed by atoms with E-state index in [1.165, 1.54) is 4.90 Å². The molecule has 1 unspecified atom stereocenters. The topological polar surface area (TPSA) is 74.4 Å². The number of ether oxygens (including phenoxy) is 1. The first-order valence-electron chi connectivity index (χ1n) is 5.10. The van der Waals surface area contributed by atoms with E-state index >= 15 is 0 Å². The zero-order valence-electron chi connectivity index (χ0n) is 8.68. The van der Waals surface area contributed by atoms with Gasteiger partial charge in [0, 0.05) is 32.0 Å². The van der Waals surface area contributed by atoms with E-state index in [0.717, 1.165) is 6.54 Å². The molecular weight excluding hydrogens is 210 g/mol. The van der Waals surface area contributed by atoms with Crippen LogP contribution in [-0.2, 0) is 9.53 Å². The van der Waals surface area contributed by atoms with E-state index in [9.17, 15) is 9.59 Å². The van der Waals surface area contributed by atoms with Crippen LogP contribution in [0.4, 0.5) is 4.79 Å². The molecule has 1 aromatic heterocycles. The van der Waals surface area contributed by atoms with E-state index in [4.69, 9.17) is 0 Å². The highest BCUT2D eigenvalue weighted by atomic mass is 16.6. The number of aromatic nitrogens is 1. The SMILES string of the molecule is O=C1OC(=O)N2CCNCC12.c1cc[nH]c1. The second-order valence-electron chi connectivity index (χ2n) is 3.49. The highest BCUT2D eigenvalue weighted by Crippen LogP contribution is 2.14. The number of esters is 1. The van der Waals surface area contributed by atoms with Crippen LogP contribution in [0.15, 0.2) is 24.5 Å². The number of hydrogen-bond acceptors (Lipinski definition) is 4. The Morgan fingerprint density at radius 2 is 2.06 bits per heavy atom. The second kappa shape index (κ2) is 4.80. The third-order valence-electron chi connectivity index (χ3n) is 2.43. The predicted octanol–water partition coefficient (Wildman–Crippen LogP) is -0.0483. The molecule has 0 radical (unpaired) electrons. The molecule has 3 rings (SSSR count). The average Bonchev–Trinajstić information content (AvgIpc) is 2.94. The number of fused-ring (bicyclic) bond motifs is 1. The van der Waals surface area contributed by atoms with Crippen LogP contribution in [-0.4, -0.2) is 47.6 Å². The molecule has 16 heavy (non-hydrogen) atoms. The van der Waals surface area contributed by atoms with E-state index in [-0.39, 0.29) is 6.04 Å². The third kappa shape index (κ3) is 2.22. The summed E-state index contributed by atoms with van der Waals surface area (Å²) in [5.74, 6) is -0.429. The van der Waals surface area contributed by atoms with Crippen LogP contribution in [0.2, 0.25) is 0 Å². The summed E-state index contributed by atoms with van der Waals surface area (Å²) >= 11 is 0. The number of nitrogens with zero attached hydrogens (tertiary/aromatic N) is 1. The number of nitrogens with one attached hydrogen (secondary N) is 2. The molecule has 3 heterocycles. The van der Waals surface area contributed by atoms with Crippen molar-refractivity contribution in [3.63, 3.8) is 0 Å². The van der Waals surface area contributed by atoms with Crippen molar-refractivity contribution in [3.05, 3.63) is 24.5 Å². The first kappa shape index (κ1) is 10.7. The molecule has 1 atom stereocenters. The van der Waals surface area contributed by atoms with Gasteiger partial charge in [-0.2, -0.15) is 0 Å². The summed E-state index contributed by atoms with van der Waals surface area (Å²) in [5.41, 5.74) is 0. The van der Waals surface area contributed by atoms with Crippen molar-refractivity contribution in [1.82, 2.24) is 15.2 Å². The van der Waals surface area contributed by atoms with Crippen LogP contribution in [0.1, 0.15) is 0 Å². The quantitative estimate of drug-likeness (QED) is 0.478. The van der Waals surface area contributed by atoms with Crippen molar-refractivity contribution >= 4 is 12.1 Å². The van der Waals surface area contributed by atoms with Gasteiger partial charge in [-0.15, -0.1) is 0 Å². The molecule has 1 amide bonds. The van der Waals surface area contributed by atoms with E-state index in [0.29, 0.717) is 13.1 Å². The molecule has 0 spiro atoms. The Kier molecular flexibility index (Phi) is 3.21. The summed E-state index contributed by atoms with van der Waals surface area (Å²) in [6.45, 7) is 1.82. The number of piperazine rings is 1. The van der Waals surface area contributed by atoms with Gasteiger partial charge in [-0.3, -0.25) is 4.90 Å². The maximum atomic E-state index is 10.9. The molecule has 6 heteroatoms. The first-order chi connectivity index (χ1) is 7.79. The highest BCUT2D eigenvalue weighted by molar-refractivity contribution is 5.95. The zero-order chi connectivity index (χ0) is 11.4. The molecule has 2 saturated heterocycles. The van der Waals surface area contributed by atoms with Gasteiger partial charge in [0.15, 0.2) is 0 Å². The van der Waals surface area contributed by atoms with Crippen molar-refractivity contribution < 1.29 is 14.3 Å². The van der Waals surface area contributed by atoms with Gasteiger partial charge in [-0.1, -0.05) is 0 Å². The number of carbonyl (C=O) groups excluding carboxylic acids is 2. The van der Waals surface area contributed by atoms with Gasteiger partial charge >= 0.3 is 12.1 Å². The standard InChI is InChI=1S/C6H8N2O3.C4H5N/c9-5-4-3-7-1-2-8(4)6(10)11-5;1-2-4-5-3-1/h4,7H,1-3H2;1-5H. The molecule has 86 valence electrons. The van der Waals surface area contributed by atoms with Gasteiger partial charge in [0.2, 0.25) is 0 Å². The fourth-order valence-corrected chi connectivity index (χ4v) is 1.62. The first-order valence-corrected chi connectivity index (χ1v) is 5.10. The van der Waals surface area contributed by atoms with Gasteiger partial charge < -0.3 is 15.0 Å². The summed E-state index contributed by atoms with van der Waals surface area (Å²) in [4.78, 5) is 26.1. The van der Waals surface area contributed by atoms with Crippen molar-refractivity contribution in [2.24, 2.45) is 0 Å². The molecule has 0 bridgehead atoms. The number of rotatable bonds is 0. The molecule has 2 aliphatic rings. The monoisotopic (exact) mass is 223 g/mol. The molecule has 0 aromatic carbocycles. The van der Waals surface area contributed by atoms with Crippen LogP contribution in [0.5, 0.6) is 0 Å². The molecule has 0 saturated carbocycles. The minimum atomic E-state index is -0.499. The van der Waals surface area contributed by atoms with E-state index in [2.05, 4.69) is 15.0 Å².